The molecule has 0 amide bonds. The molecule has 1 N–H and O–H groups in total. The summed E-state index contributed by atoms with van der Waals surface area (Å²) in [5.41, 5.74) is 0.924. The average molecular weight is 320 g/mol. The number of rotatable bonds is 3. The highest BCUT2D eigenvalue weighted by Crippen LogP contribution is 2.27. The minimum atomic E-state index is -3.14. The van der Waals surface area contributed by atoms with E-state index >= 15 is 0 Å². The summed E-state index contributed by atoms with van der Waals surface area (Å²) < 4.78 is 25.3. The third-order valence-corrected chi connectivity index (χ3v) is 4.79. The smallest absolute Gasteiger partial charge is 0.208 e. The van der Waals surface area contributed by atoms with E-state index in [1.165, 1.54) is 6.26 Å². The molecule has 7 heteroatoms. The van der Waals surface area contributed by atoms with Gasteiger partial charge in [-0.1, -0.05) is 24.3 Å². The summed E-state index contributed by atoms with van der Waals surface area (Å²) in [6.45, 7) is 3.51. The molecule has 118 valence electrons. The molecule has 3 rings (SSSR count). The van der Waals surface area contributed by atoms with Gasteiger partial charge in [-0.15, -0.1) is 5.10 Å². The first-order valence-electron chi connectivity index (χ1n) is 7.38. The molecule has 1 aliphatic rings. The zero-order valence-corrected chi connectivity index (χ0v) is 13.6. The summed E-state index contributed by atoms with van der Waals surface area (Å²) >= 11 is 0. The molecular weight excluding hydrogens is 300 g/mol. The molecule has 1 fully saturated rings. The van der Waals surface area contributed by atoms with Crippen LogP contribution in [0.1, 0.15) is 18.5 Å². The molecule has 0 aliphatic carbocycles. The Morgan fingerprint density at radius 1 is 1.14 bits per heavy atom. The van der Waals surface area contributed by atoms with Crippen LogP contribution in [0, 0.1) is 6.92 Å². The van der Waals surface area contributed by atoms with Crippen LogP contribution in [0.25, 0.3) is 10.8 Å². The molecule has 1 aliphatic heterocycles. The lowest BCUT2D eigenvalue weighted by Gasteiger charge is -2.33. The first kappa shape index (κ1) is 15.2. The van der Waals surface area contributed by atoms with Crippen molar-refractivity contribution in [3.05, 3.63) is 30.0 Å². The number of nitrogens with one attached hydrogen (secondary N) is 1. The van der Waals surface area contributed by atoms with Gasteiger partial charge in [-0.05, 0) is 19.8 Å². The van der Waals surface area contributed by atoms with Crippen molar-refractivity contribution in [2.24, 2.45) is 0 Å². The van der Waals surface area contributed by atoms with E-state index in [-0.39, 0.29) is 6.04 Å². The fourth-order valence-corrected chi connectivity index (χ4v) is 3.81. The van der Waals surface area contributed by atoms with E-state index in [0.717, 1.165) is 48.2 Å². The van der Waals surface area contributed by atoms with Gasteiger partial charge in [-0.3, -0.25) is 0 Å². The van der Waals surface area contributed by atoms with Crippen LogP contribution in [-0.4, -0.2) is 44.0 Å². The molecule has 2 heterocycles. The number of nitrogens with zero attached hydrogens (tertiary/aromatic N) is 3. The van der Waals surface area contributed by atoms with Crippen LogP contribution in [0.2, 0.25) is 0 Å². The number of sulfonamides is 1. The van der Waals surface area contributed by atoms with Crippen LogP contribution in [-0.2, 0) is 10.0 Å². The summed E-state index contributed by atoms with van der Waals surface area (Å²) in [5.74, 6) is 0.888. The zero-order valence-electron chi connectivity index (χ0n) is 12.8. The van der Waals surface area contributed by atoms with Gasteiger partial charge in [-0.2, -0.15) is 5.10 Å². The van der Waals surface area contributed by atoms with E-state index in [0.29, 0.717) is 0 Å². The molecule has 6 nitrogen and oxygen atoms in total. The third kappa shape index (κ3) is 3.20. The van der Waals surface area contributed by atoms with Crippen LogP contribution in [0.4, 0.5) is 5.82 Å². The Kier molecular flexibility index (Phi) is 4.01. The molecule has 0 bridgehead atoms. The molecule has 1 saturated heterocycles. The molecule has 0 atom stereocenters. The molecule has 1 aromatic heterocycles. The van der Waals surface area contributed by atoms with Gasteiger partial charge in [0.15, 0.2) is 5.82 Å². The van der Waals surface area contributed by atoms with Gasteiger partial charge < -0.3 is 4.90 Å². The maximum atomic E-state index is 11.3. The van der Waals surface area contributed by atoms with E-state index in [9.17, 15) is 8.42 Å². The summed E-state index contributed by atoms with van der Waals surface area (Å²) in [7, 11) is -3.14. The summed E-state index contributed by atoms with van der Waals surface area (Å²) in [5, 5.41) is 10.8. The van der Waals surface area contributed by atoms with Crippen LogP contribution < -0.4 is 9.62 Å². The SMILES string of the molecule is Cc1nnc(N2CCC(NS(C)(=O)=O)CC2)c2ccccc12. The highest BCUT2D eigenvalue weighted by molar-refractivity contribution is 7.88. The first-order chi connectivity index (χ1) is 10.4. The van der Waals surface area contributed by atoms with Gasteiger partial charge in [0.05, 0.1) is 11.9 Å². The maximum absolute atomic E-state index is 11.3. The topological polar surface area (TPSA) is 75.2 Å². The van der Waals surface area contributed by atoms with Crippen molar-refractivity contribution in [2.75, 3.05) is 24.2 Å². The normalized spacial score (nSPS) is 17.1. The Balaban J connectivity index is 1.81. The lowest BCUT2D eigenvalue weighted by molar-refractivity contribution is 0.460. The number of hydrogen-bond donors (Lipinski definition) is 1. The fourth-order valence-electron chi connectivity index (χ4n) is 2.97. The number of piperidine rings is 1. The summed E-state index contributed by atoms with van der Waals surface area (Å²) in [6, 6.07) is 8.14. The average Bonchev–Trinajstić information content (AvgIpc) is 2.48. The summed E-state index contributed by atoms with van der Waals surface area (Å²) in [4.78, 5) is 2.19. The van der Waals surface area contributed by atoms with Crippen molar-refractivity contribution in [3.8, 4) is 0 Å². The predicted octanol–water partition coefficient (Wildman–Crippen LogP) is 1.46. The minimum absolute atomic E-state index is 0.0101. The molecule has 2 aromatic rings. The van der Waals surface area contributed by atoms with Crippen molar-refractivity contribution in [1.29, 1.82) is 0 Å². The van der Waals surface area contributed by atoms with Crippen molar-refractivity contribution in [2.45, 2.75) is 25.8 Å². The Morgan fingerprint density at radius 2 is 1.77 bits per heavy atom. The Hall–Kier alpha value is -1.73. The van der Waals surface area contributed by atoms with Crippen molar-refractivity contribution in [3.63, 3.8) is 0 Å². The van der Waals surface area contributed by atoms with Gasteiger partial charge in [0.1, 0.15) is 0 Å². The van der Waals surface area contributed by atoms with Crippen molar-refractivity contribution < 1.29 is 8.42 Å². The predicted molar refractivity (Wildman–Crippen MR) is 87.5 cm³/mol. The number of benzene rings is 1. The molecule has 0 radical (unpaired) electrons. The molecule has 0 unspecified atom stereocenters. The van der Waals surface area contributed by atoms with Gasteiger partial charge in [0.2, 0.25) is 10.0 Å². The van der Waals surface area contributed by atoms with E-state index in [4.69, 9.17) is 0 Å². The number of fused-ring (bicyclic) bond motifs is 1. The number of aromatic nitrogens is 2. The van der Waals surface area contributed by atoms with E-state index in [1.807, 2.05) is 19.1 Å². The molecule has 22 heavy (non-hydrogen) atoms. The van der Waals surface area contributed by atoms with E-state index < -0.39 is 10.0 Å². The first-order valence-corrected chi connectivity index (χ1v) is 9.27. The minimum Gasteiger partial charge on any atom is -0.354 e. The fraction of sp³-hybridized carbons (Fsp3) is 0.467. The van der Waals surface area contributed by atoms with Gasteiger partial charge in [0, 0.05) is 29.9 Å². The number of aryl methyl sites for hydroxylation is 1. The van der Waals surface area contributed by atoms with Crippen LogP contribution in [0.15, 0.2) is 24.3 Å². The van der Waals surface area contributed by atoms with Gasteiger partial charge in [0.25, 0.3) is 0 Å². The molecule has 0 spiro atoms. The molecule has 0 saturated carbocycles. The van der Waals surface area contributed by atoms with E-state index in [2.05, 4.69) is 32.0 Å². The van der Waals surface area contributed by atoms with Crippen LogP contribution >= 0.6 is 0 Å². The Bertz CT molecular complexity index is 783. The zero-order chi connectivity index (χ0) is 15.7. The number of hydrogen-bond acceptors (Lipinski definition) is 5. The number of anilines is 1. The second-order valence-corrected chi connectivity index (χ2v) is 7.59. The Morgan fingerprint density at radius 3 is 2.41 bits per heavy atom. The van der Waals surface area contributed by atoms with Gasteiger partial charge in [-0.25, -0.2) is 13.1 Å². The highest BCUT2D eigenvalue weighted by Gasteiger charge is 2.23. The highest BCUT2D eigenvalue weighted by atomic mass is 32.2. The quantitative estimate of drug-likeness (QED) is 0.926. The lowest BCUT2D eigenvalue weighted by atomic mass is 10.0. The second-order valence-electron chi connectivity index (χ2n) is 5.81. The van der Waals surface area contributed by atoms with Gasteiger partial charge >= 0.3 is 0 Å². The second kappa shape index (κ2) is 5.81. The standard InChI is InChI=1S/C15H20N4O2S/c1-11-13-5-3-4-6-14(13)15(17-16-11)19-9-7-12(8-10-19)18-22(2,20)21/h3-6,12,18H,7-10H2,1-2H3. The lowest BCUT2D eigenvalue weighted by Crippen LogP contribution is -2.44. The molecular formula is C15H20N4O2S. The summed E-state index contributed by atoms with van der Waals surface area (Å²) in [6.07, 6.45) is 2.76. The molecule has 1 aromatic carbocycles. The van der Waals surface area contributed by atoms with Crippen molar-refractivity contribution >= 4 is 26.6 Å². The van der Waals surface area contributed by atoms with Crippen LogP contribution in [0.5, 0.6) is 0 Å². The maximum Gasteiger partial charge on any atom is 0.208 e. The van der Waals surface area contributed by atoms with Crippen LogP contribution in [0.3, 0.4) is 0 Å². The van der Waals surface area contributed by atoms with E-state index in [1.54, 1.807) is 0 Å². The third-order valence-electron chi connectivity index (χ3n) is 4.03. The largest absolute Gasteiger partial charge is 0.354 e. The monoisotopic (exact) mass is 320 g/mol. The Labute approximate surface area is 130 Å². The van der Waals surface area contributed by atoms with Crippen molar-refractivity contribution in [1.82, 2.24) is 14.9 Å².